The molecule has 3 aromatic rings. The summed E-state index contributed by atoms with van der Waals surface area (Å²) < 4.78 is 173. The topological polar surface area (TPSA) is 318 Å². The quantitative estimate of drug-likeness (QED) is 0.0431. The van der Waals surface area contributed by atoms with E-state index in [1.54, 1.807) is 53.7 Å². The second-order valence-corrected chi connectivity index (χ2v) is 23.6. The number of allylic oxidation sites excluding steroid dienone is 6. The van der Waals surface area contributed by atoms with Crippen LogP contribution in [0.25, 0.3) is 10.8 Å². The molecule has 0 saturated carbocycles. The Kier molecular flexibility index (Phi) is 14.6. The van der Waals surface area contributed by atoms with Crippen molar-refractivity contribution >= 4 is 84.4 Å². The van der Waals surface area contributed by atoms with E-state index in [2.05, 4.69) is 0 Å². The minimum atomic E-state index is -5.04. The lowest BCUT2D eigenvalue weighted by atomic mass is 9.77. The Morgan fingerprint density at radius 2 is 1.41 bits per heavy atom. The van der Waals surface area contributed by atoms with Crippen molar-refractivity contribution in [2.75, 3.05) is 29.5 Å². The molecule has 1 atom stereocenters. The van der Waals surface area contributed by atoms with Gasteiger partial charge in [-0.1, -0.05) is 31.1 Å². The van der Waals surface area contributed by atoms with Crippen LogP contribution >= 0.6 is 0 Å². The van der Waals surface area contributed by atoms with E-state index in [-0.39, 0.29) is 48.0 Å². The van der Waals surface area contributed by atoms with Gasteiger partial charge in [0.25, 0.3) is 40.5 Å². The van der Waals surface area contributed by atoms with Crippen LogP contribution in [0.15, 0.2) is 93.2 Å². The first-order chi connectivity index (χ1) is 29.4. The molecule has 24 heteroatoms. The first-order valence-electron chi connectivity index (χ1n) is 19.6. The van der Waals surface area contributed by atoms with Crippen LogP contribution in [0, 0.1) is 0 Å². The van der Waals surface area contributed by atoms with Gasteiger partial charge in [-0.2, -0.15) is 38.2 Å². The summed E-state index contributed by atoms with van der Waals surface area (Å²) in [4.78, 5) is 10.9. The summed E-state index contributed by atoms with van der Waals surface area (Å²) in [5, 5.41) is 9.11. The van der Waals surface area contributed by atoms with E-state index in [1.807, 2.05) is 6.92 Å². The van der Waals surface area contributed by atoms with E-state index in [4.69, 9.17) is 5.11 Å². The van der Waals surface area contributed by atoms with E-state index in [9.17, 15) is 69.6 Å². The summed E-state index contributed by atoms with van der Waals surface area (Å²) in [7, 11) is -23.7. The smallest absolute Gasteiger partial charge is 0.303 e. The fraction of sp³-hybridized carbons (Fsp3) is 0.400. The van der Waals surface area contributed by atoms with Crippen molar-refractivity contribution in [3.63, 3.8) is 0 Å². The molecule has 64 heavy (non-hydrogen) atoms. The standard InChI is InChI=1S/C40H48N2O17S5/c1-39(2)35(42(21-11-23-61(48,49)50)33-18-16-29-30(38(33)39)24-28(63(54,55)56)26-34(29)64(57,58)59)12-6-4-7-13-36-40(3,19-9-5-8-14-37(43)44)31-25-27(62(51,52)53)15-17-32(31)41(36)20-10-22-60(45,46)47/h4,6-7,12-13,15-18,24-26H,5,8-11,14,19-23H2,1-3H3,(H5-,43,44,45,46,47,48,49,50,51,52,53,54,55,56,57,58,59). The zero-order valence-electron chi connectivity index (χ0n) is 34.8. The highest BCUT2D eigenvalue weighted by Gasteiger charge is 2.47. The van der Waals surface area contributed by atoms with Gasteiger partial charge in [0, 0.05) is 65.0 Å². The molecule has 0 saturated heterocycles. The fourth-order valence-corrected chi connectivity index (χ4v) is 11.4. The van der Waals surface area contributed by atoms with Gasteiger partial charge in [-0.05, 0) is 93.5 Å². The molecular formula is C40H48N2O17S5. The first-order valence-corrected chi connectivity index (χ1v) is 27.1. The number of carboxylic acids is 1. The fourth-order valence-electron chi connectivity index (χ4n) is 8.53. The second kappa shape index (κ2) is 18.5. The molecule has 350 valence electrons. The molecule has 0 spiro atoms. The highest BCUT2D eigenvalue weighted by Crippen LogP contribution is 2.52. The number of aliphatic carboxylic acids is 1. The van der Waals surface area contributed by atoms with Crippen LogP contribution in [-0.2, 0) is 66.2 Å². The highest BCUT2D eigenvalue weighted by molar-refractivity contribution is 7.87. The maximum atomic E-state index is 12.5. The van der Waals surface area contributed by atoms with Gasteiger partial charge in [-0.25, -0.2) is 8.42 Å². The maximum Gasteiger partial charge on any atom is 0.303 e. The van der Waals surface area contributed by atoms with Crippen molar-refractivity contribution in [1.29, 1.82) is 0 Å². The van der Waals surface area contributed by atoms with Gasteiger partial charge in [0.1, 0.15) is 11.4 Å². The van der Waals surface area contributed by atoms with E-state index in [0.717, 1.165) is 6.07 Å². The number of carbonyl (C=O) groups is 1. The summed E-state index contributed by atoms with van der Waals surface area (Å²) >= 11 is 0. The summed E-state index contributed by atoms with van der Waals surface area (Å²) in [5.41, 5.74) is 0.679. The predicted molar refractivity (Wildman–Crippen MR) is 235 cm³/mol. The Balaban J connectivity index is 1.63. The lowest BCUT2D eigenvalue weighted by Crippen LogP contribution is -2.30. The molecule has 2 aliphatic rings. The third-order valence-corrected chi connectivity index (χ3v) is 15.5. The van der Waals surface area contributed by atoms with Crippen LogP contribution in [0.1, 0.15) is 76.8 Å². The molecule has 0 amide bonds. The number of rotatable bonds is 20. The summed E-state index contributed by atoms with van der Waals surface area (Å²) in [6, 6.07) is 8.50. The highest BCUT2D eigenvalue weighted by atomic mass is 32.2. The maximum absolute atomic E-state index is 12.5. The third-order valence-electron chi connectivity index (χ3n) is 11.3. The number of nitrogens with zero attached hydrogens (tertiary/aromatic N) is 2. The van der Waals surface area contributed by atoms with Gasteiger partial charge >= 0.3 is 5.97 Å². The molecule has 0 aromatic heterocycles. The van der Waals surface area contributed by atoms with Crippen molar-refractivity contribution in [3.05, 3.63) is 89.7 Å². The minimum Gasteiger partial charge on any atom is -0.748 e. The van der Waals surface area contributed by atoms with Crippen molar-refractivity contribution in [1.82, 2.24) is 0 Å². The number of anilines is 1. The van der Waals surface area contributed by atoms with Crippen molar-refractivity contribution in [3.8, 4) is 0 Å². The molecule has 3 aromatic carbocycles. The van der Waals surface area contributed by atoms with Gasteiger partial charge in [-0.15, -0.1) is 0 Å². The number of hydrogen-bond donors (Lipinski definition) is 5. The van der Waals surface area contributed by atoms with Crippen LogP contribution in [0.4, 0.5) is 11.4 Å². The molecule has 19 nitrogen and oxygen atoms in total. The summed E-state index contributed by atoms with van der Waals surface area (Å²) in [6.07, 6.45) is 9.65. The Hall–Kier alpha value is -4.37. The zero-order chi connectivity index (χ0) is 47.8. The van der Waals surface area contributed by atoms with Gasteiger partial charge in [-0.3, -0.25) is 23.0 Å². The molecule has 5 rings (SSSR count). The van der Waals surface area contributed by atoms with Crippen molar-refractivity contribution < 1.29 is 79.3 Å². The average molecular weight is 989 g/mol. The molecule has 2 heterocycles. The van der Waals surface area contributed by atoms with Crippen LogP contribution in [-0.4, -0.2) is 111 Å². The van der Waals surface area contributed by atoms with Crippen LogP contribution in [0.2, 0.25) is 0 Å². The third kappa shape index (κ3) is 11.5. The SMILES string of the molecule is CC1(C)C(/C=C/C=C/C=C2/N(CCCS(=O)(=O)[O-])c3ccc(S(=O)(=O)O)cc3C2(C)CCCCCC(=O)O)=[N+](CCCS(=O)(=O)O)c2ccc3c(S(=O)(=O)O)cc(S(=O)(=O)O)cc3c21. The number of carboxylic acid groups (broad SMARTS) is 1. The van der Waals surface area contributed by atoms with Crippen molar-refractivity contribution in [2.24, 2.45) is 0 Å². The summed E-state index contributed by atoms with van der Waals surface area (Å²) in [6.45, 7) is 5.27. The molecule has 0 aliphatic carbocycles. The lowest BCUT2D eigenvalue weighted by Gasteiger charge is -2.30. The van der Waals surface area contributed by atoms with E-state index >= 15 is 0 Å². The molecule has 2 aliphatic heterocycles. The number of benzene rings is 3. The zero-order valence-corrected chi connectivity index (χ0v) is 38.9. The van der Waals surface area contributed by atoms with E-state index < -0.39 is 88.7 Å². The second-order valence-electron chi connectivity index (χ2n) is 16.2. The van der Waals surface area contributed by atoms with Crippen LogP contribution in [0.3, 0.4) is 0 Å². The molecule has 0 bridgehead atoms. The average Bonchev–Trinajstić information content (AvgIpc) is 3.51. The molecular weight excluding hydrogens is 941 g/mol. The normalized spacial score (nSPS) is 18.8. The Bertz CT molecular complexity index is 3080. The Labute approximate surface area is 372 Å². The van der Waals surface area contributed by atoms with Gasteiger partial charge < -0.3 is 14.6 Å². The van der Waals surface area contributed by atoms with Crippen LogP contribution in [0.5, 0.6) is 0 Å². The van der Waals surface area contributed by atoms with Crippen LogP contribution < -0.4 is 4.90 Å². The lowest BCUT2D eigenvalue weighted by molar-refractivity contribution is -0.437. The molecule has 5 N–H and O–H groups in total. The van der Waals surface area contributed by atoms with E-state index in [0.29, 0.717) is 65.7 Å². The van der Waals surface area contributed by atoms with Crippen molar-refractivity contribution in [2.45, 2.75) is 91.2 Å². The minimum absolute atomic E-state index is 0.0129. The van der Waals surface area contributed by atoms with E-state index in [1.165, 1.54) is 30.3 Å². The monoisotopic (exact) mass is 988 g/mol. The largest absolute Gasteiger partial charge is 0.748 e. The van der Waals surface area contributed by atoms with Gasteiger partial charge in [0.2, 0.25) is 5.69 Å². The Morgan fingerprint density at radius 1 is 0.734 bits per heavy atom. The summed E-state index contributed by atoms with van der Waals surface area (Å²) in [5.74, 6) is -2.29. The van der Waals surface area contributed by atoms with Gasteiger partial charge in [0.05, 0.1) is 31.1 Å². The molecule has 0 radical (unpaired) electrons. The molecule has 1 unspecified atom stereocenters. The first kappa shape index (κ1) is 50.6. The number of hydrogen-bond acceptors (Lipinski definition) is 13. The van der Waals surface area contributed by atoms with Gasteiger partial charge in [0.15, 0.2) is 5.71 Å². The molecule has 0 fully saturated rings. The predicted octanol–water partition coefficient (Wildman–Crippen LogP) is 4.98. The number of fused-ring (bicyclic) bond motifs is 4. The Morgan fingerprint density at radius 3 is 2.00 bits per heavy atom. The number of unbranched alkanes of at least 4 members (excludes halogenated alkanes) is 2.